The number of amidine groups is 1. The van der Waals surface area contributed by atoms with Crippen molar-refractivity contribution in [2.45, 2.75) is 24.8 Å². The van der Waals surface area contributed by atoms with Crippen molar-refractivity contribution in [3.63, 3.8) is 0 Å². The summed E-state index contributed by atoms with van der Waals surface area (Å²) >= 11 is 0. The average molecular weight is 273 g/mol. The summed E-state index contributed by atoms with van der Waals surface area (Å²) in [6.45, 7) is 3.19. The number of nitrogens with two attached hydrogens (primary N) is 1. The first kappa shape index (κ1) is 14.6. The van der Waals surface area contributed by atoms with E-state index in [0.29, 0.717) is 0 Å². The van der Waals surface area contributed by atoms with E-state index < -0.39 is 15.8 Å². The Hall–Kier alpha value is -1.47. The standard InChI is InChI=1S/C11H16FN3O2S/c1-8(2)15(7-11(13)14)18(16,17)10-5-3-9(12)4-6-10/h3-6,8H,7H2,1-2H3,(H3,13,14). The second kappa shape index (κ2) is 5.45. The molecule has 7 heteroatoms. The highest BCUT2D eigenvalue weighted by Gasteiger charge is 2.27. The van der Waals surface area contributed by atoms with Crippen LogP contribution in [0.3, 0.4) is 0 Å². The van der Waals surface area contributed by atoms with Gasteiger partial charge >= 0.3 is 0 Å². The SMILES string of the molecule is CC(C)N(CC(=N)N)S(=O)(=O)c1ccc(F)cc1. The first-order chi connectivity index (χ1) is 8.25. The van der Waals surface area contributed by atoms with E-state index in [1.165, 1.54) is 12.1 Å². The van der Waals surface area contributed by atoms with Gasteiger partial charge in [-0.3, -0.25) is 5.41 Å². The Balaban J connectivity index is 3.16. The Morgan fingerprint density at radius 3 is 2.28 bits per heavy atom. The number of benzene rings is 1. The lowest BCUT2D eigenvalue weighted by Gasteiger charge is -2.25. The third-order valence-electron chi connectivity index (χ3n) is 2.32. The third kappa shape index (κ3) is 3.27. The second-order valence-corrected chi connectivity index (χ2v) is 6.01. The Bertz CT molecular complexity index is 526. The van der Waals surface area contributed by atoms with Gasteiger partial charge in [0.2, 0.25) is 10.0 Å². The van der Waals surface area contributed by atoms with E-state index in [-0.39, 0.29) is 23.3 Å². The highest BCUT2D eigenvalue weighted by Crippen LogP contribution is 2.18. The molecule has 0 bridgehead atoms. The first-order valence-corrected chi connectivity index (χ1v) is 6.79. The summed E-state index contributed by atoms with van der Waals surface area (Å²) in [7, 11) is -3.77. The van der Waals surface area contributed by atoms with Crippen molar-refractivity contribution in [2.24, 2.45) is 5.73 Å². The summed E-state index contributed by atoms with van der Waals surface area (Å²) in [6.07, 6.45) is 0. The topological polar surface area (TPSA) is 87.2 Å². The van der Waals surface area contributed by atoms with E-state index in [1.54, 1.807) is 13.8 Å². The van der Waals surface area contributed by atoms with E-state index in [4.69, 9.17) is 11.1 Å². The molecule has 0 aromatic heterocycles. The zero-order valence-electron chi connectivity index (χ0n) is 10.2. The van der Waals surface area contributed by atoms with Crippen LogP contribution in [-0.4, -0.2) is 31.1 Å². The maximum Gasteiger partial charge on any atom is 0.243 e. The van der Waals surface area contributed by atoms with E-state index >= 15 is 0 Å². The number of halogens is 1. The van der Waals surface area contributed by atoms with Crippen LogP contribution in [0.4, 0.5) is 4.39 Å². The number of nitrogens with zero attached hydrogens (tertiary/aromatic N) is 1. The van der Waals surface area contributed by atoms with Crippen molar-refractivity contribution in [3.05, 3.63) is 30.1 Å². The molecule has 18 heavy (non-hydrogen) atoms. The fraction of sp³-hybridized carbons (Fsp3) is 0.364. The molecule has 0 aliphatic carbocycles. The zero-order valence-corrected chi connectivity index (χ0v) is 11.0. The van der Waals surface area contributed by atoms with Crippen LogP contribution in [0.25, 0.3) is 0 Å². The molecule has 3 N–H and O–H groups in total. The predicted molar refractivity (Wildman–Crippen MR) is 67.3 cm³/mol. The lowest BCUT2D eigenvalue weighted by atomic mass is 10.3. The van der Waals surface area contributed by atoms with Crippen molar-refractivity contribution < 1.29 is 12.8 Å². The molecule has 0 saturated carbocycles. The summed E-state index contributed by atoms with van der Waals surface area (Å²) in [6, 6.07) is 4.21. The summed E-state index contributed by atoms with van der Waals surface area (Å²) in [4.78, 5) is -0.0150. The zero-order chi connectivity index (χ0) is 13.9. The Labute approximate surface area is 106 Å². The first-order valence-electron chi connectivity index (χ1n) is 5.35. The smallest absolute Gasteiger partial charge is 0.243 e. The molecule has 1 aromatic rings. The van der Waals surface area contributed by atoms with Gasteiger partial charge in [0.05, 0.1) is 11.4 Å². The van der Waals surface area contributed by atoms with Gasteiger partial charge in [0.25, 0.3) is 0 Å². The minimum Gasteiger partial charge on any atom is -0.387 e. The monoisotopic (exact) mass is 273 g/mol. The number of rotatable bonds is 5. The van der Waals surface area contributed by atoms with Gasteiger partial charge in [-0.05, 0) is 38.1 Å². The molecule has 0 saturated heterocycles. The summed E-state index contributed by atoms with van der Waals surface area (Å²) in [5.74, 6) is -0.744. The van der Waals surface area contributed by atoms with Gasteiger partial charge in [-0.2, -0.15) is 4.31 Å². The number of hydrogen-bond donors (Lipinski definition) is 2. The molecule has 0 aliphatic rings. The van der Waals surface area contributed by atoms with Crippen molar-refractivity contribution >= 4 is 15.9 Å². The van der Waals surface area contributed by atoms with Crippen molar-refractivity contribution in [1.82, 2.24) is 4.31 Å². The molecule has 0 aliphatic heterocycles. The molecule has 0 heterocycles. The van der Waals surface area contributed by atoms with Crippen LogP contribution in [0, 0.1) is 11.2 Å². The van der Waals surface area contributed by atoms with Gasteiger partial charge in [0.1, 0.15) is 11.7 Å². The highest BCUT2D eigenvalue weighted by molar-refractivity contribution is 7.89. The largest absolute Gasteiger partial charge is 0.387 e. The predicted octanol–water partition coefficient (Wildman–Crippen LogP) is 1.16. The number of hydrogen-bond acceptors (Lipinski definition) is 3. The van der Waals surface area contributed by atoms with Crippen LogP contribution in [-0.2, 0) is 10.0 Å². The number of sulfonamides is 1. The van der Waals surface area contributed by atoms with E-state index in [0.717, 1.165) is 16.4 Å². The van der Waals surface area contributed by atoms with E-state index in [1.807, 2.05) is 0 Å². The van der Waals surface area contributed by atoms with E-state index in [2.05, 4.69) is 0 Å². The Morgan fingerprint density at radius 2 is 1.89 bits per heavy atom. The van der Waals surface area contributed by atoms with Crippen molar-refractivity contribution in [2.75, 3.05) is 6.54 Å². The van der Waals surface area contributed by atoms with Crippen LogP contribution in [0.5, 0.6) is 0 Å². The summed E-state index contributed by atoms with van der Waals surface area (Å²) in [5, 5.41) is 7.21. The van der Waals surface area contributed by atoms with Crippen LogP contribution < -0.4 is 5.73 Å². The van der Waals surface area contributed by atoms with Crippen molar-refractivity contribution in [3.8, 4) is 0 Å². The molecule has 0 radical (unpaired) electrons. The lowest BCUT2D eigenvalue weighted by molar-refractivity contribution is 0.389. The Kier molecular flexibility index (Phi) is 4.42. The van der Waals surface area contributed by atoms with Crippen LogP contribution >= 0.6 is 0 Å². The van der Waals surface area contributed by atoms with Gasteiger partial charge in [-0.25, -0.2) is 12.8 Å². The fourth-order valence-electron chi connectivity index (χ4n) is 1.45. The van der Waals surface area contributed by atoms with Crippen molar-refractivity contribution in [1.29, 1.82) is 5.41 Å². The maximum absolute atomic E-state index is 12.8. The van der Waals surface area contributed by atoms with Gasteiger partial charge < -0.3 is 5.73 Å². The van der Waals surface area contributed by atoms with E-state index in [9.17, 15) is 12.8 Å². The Morgan fingerprint density at radius 1 is 1.39 bits per heavy atom. The number of nitrogens with one attached hydrogen (secondary N) is 1. The summed E-state index contributed by atoms with van der Waals surface area (Å²) in [5.41, 5.74) is 5.25. The molecule has 0 amide bonds. The quantitative estimate of drug-likeness (QED) is 0.623. The lowest BCUT2D eigenvalue weighted by Crippen LogP contribution is -2.42. The van der Waals surface area contributed by atoms with Gasteiger partial charge in [0, 0.05) is 6.04 Å². The molecule has 0 fully saturated rings. The minimum atomic E-state index is -3.77. The van der Waals surface area contributed by atoms with Crippen LogP contribution in [0.2, 0.25) is 0 Å². The molecular weight excluding hydrogens is 257 g/mol. The fourth-order valence-corrected chi connectivity index (χ4v) is 3.07. The van der Waals surface area contributed by atoms with Gasteiger partial charge in [-0.1, -0.05) is 0 Å². The van der Waals surface area contributed by atoms with Crippen LogP contribution in [0.1, 0.15) is 13.8 Å². The molecule has 0 atom stereocenters. The molecule has 0 spiro atoms. The second-order valence-electron chi connectivity index (χ2n) is 4.12. The molecule has 0 unspecified atom stereocenters. The van der Waals surface area contributed by atoms with Gasteiger partial charge in [-0.15, -0.1) is 0 Å². The highest BCUT2D eigenvalue weighted by atomic mass is 32.2. The maximum atomic E-state index is 12.8. The molecular formula is C11H16FN3O2S. The van der Waals surface area contributed by atoms with Crippen LogP contribution in [0.15, 0.2) is 29.2 Å². The normalized spacial score (nSPS) is 12.1. The summed E-state index contributed by atoms with van der Waals surface area (Å²) < 4.78 is 38.4. The molecule has 5 nitrogen and oxygen atoms in total. The third-order valence-corrected chi connectivity index (χ3v) is 4.36. The molecule has 1 rings (SSSR count). The average Bonchev–Trinajstić information content (AvgIpc) is 2.25. The van der Waals surface area contributed by atoms with Gasteiger partial charge in [0.15, 0.2) is 0 Å². The molecule has 100 valence electrons. The molecule has 1 aromatic carbocycles. The minimum absolute atomic E-state index is 0.0150.